The number of ether oxygens (including phenoxy) is 1. The molecule has 2 fully saturated rings. The number of aromatic nitrogens is 1. The Kier molecular flexibility index (Phi) is 6.14. The van der Waals surface area contributed by atoms with Crippen molar-refractivity contribution < 1.29 is 9.53 Å². The first-order valence-electron chi connectivity index (χ1n) is 10.3. The van der Waals surface area contributed by atoms with Gasteiger partial charge in [0.25, 0.3) is 0 Å². The summed E-state index contributed by atoms with van der Waals surface area (Å²) in [5.41, 5.74) is 7.79. The van der Waals surface area contributed by atoms with Crippen LogP contribution in [0.15, 0.2) is 24.4 Å². The van der Waals surface area contributed by atoms with Gasteiger partial charge in [-0.05, 0) is 62.3 Å². The van der Waals surface area contributed by atoms with E-state index in [4.69, 9.17) is 22.1 Å². The number of nitrogen functional groups attached to an aromatic ring is 1. The number of fused-ring (bicyclic) bond motifs is 1. The second-order valence-corrected chi connectivity index (χ2v) is 8.56. The van der Waals surface area contributed by atoms with Crippen molar-refractivity contribution in [2.45, 2.75) is 32.1 Å². The van der Waals surface area contributed by atoms with Crippen molar-refractivity contribution in [3.8, 4) is 0 Å². The Labute approximate surface area is 171 Å². The Hall–Kier alpha value is -1.69. The molecule has 0 bridgehead atoms. The Morgan fingerprint density at radius 2 is 2.11 bits per heavy atom. The molecule has 2 aliphatic rings. The lowest BCUT2D eigenvalue weighted by molar-refractivity contribution is 0.0550. The number of hydrogen-bond acceptors (Lipinski definition) is 5. The van der Waals surface area contributed by atoms with Crippen molar-refractivity contribution >= 4 is 34.0 Å². The van der Waals surface area contributed by atoms with Crippen LogP contribution >= 0.6 is 11.6 Å². The zero-order valence-corrected chi connectivity index (χ0v) is 17.0. The van der Waals surface area contributed by atoms with E-state index in [1.54, 1.807) is 12.3 Å². The zero-order chi connectivity index (χ0) is 19.5. The number of hydrogen-bond donors (Lipinski definition) is 1. The highest BCUT2D eigenvalue weighted by Gasteiger charge is 2.26. The van der Waals surface area contributed by atoms with Gasteiger partial charge in [0, 0.05) is 49.9 Å². The molecule has 3 heterocycles. The molecule has 0 spiro atoms. The van der Waals surface area contributed by atoms with Gasteiger partial charge in [0.1, 0.15) is 0 Å². The van der Waals surface area contributed by atoms with E-state index in [9.17, 15) is 4.79 Å². The average Bonchev–Trinajstić information content (AvgIpc) is 3.17. The second-order valence-electron chi connectivity index (χ2n) is 8.15. The normalized spacial score (nSPS) is 21.4. The predicted octanol–water partition coefficient (Wildman–Crippen LogP) is 4.18. The minimum atomic E-state index is 0.105. The van der Waals surface area contributed by atoms with E-state index in [0.29, 0.717) is 34.1 Å². The number of carbonyl (C=O) groups is 1. The van der Waals surface area contributed by atoms with E-state index in [0.717, 1.165) is 44.0 Å². The second kappa shape index (κ2) is 8.76. The van der Waals surface area contributed by atoms with Crippen LogP contribution in [0, 0.1) is 11.8 Å². The molecule has 2 aliphatic heterocycles. The molecular formula is C22H28ClN3O2. The summed E-state index contributed by atoms with van der Waals surface area (Å²) in [5, 5.41) is 1.18. The fourth-order valence-corrected chi connectivity index (χ4v) is 4.74. The lowest BCUT2D eigenvalue weighted by atomic mass is 9.96. The molecule has 28 heavy (non-hydrogen) atoms. The summed E-state index contributed by atoms with van der Waals surface area (Å²) in [5.74, 6) is 1.46. The number of nitrogens with zero attached hydrogens (tertiary/aromatic N) is 2. The lowest BCUT2D eigenvalue weighted by Crippen LogP contribution is -2.31. The summed E-state index contributed by atoms with van der Waals surface area (Å²) in [6.07, 6.45) is 6.67. The van der Waals surface area contributed by atoms with E-state index in [-0.39, 0.29) is 5.78 Å². The summed E-state index contributed by atoms with van der Waals surface area (Å²) in [6.45, 7) is 5.24. The Morgan fingerprint density at radius 1 is 1.29 bits per heavy atom. The number of nitrogens with two attached hydrogens (primary N) is 1. The van der Waals surface area contributed by atoms with Gasteiger partial charge in [-0.2, -0.15) is 0 Å². The minimum absolute atomic E-state index is 0.105. The smallest absolute Gasteiger partial charge is 0.165 e. The van der Waals surface area contributed by atoms with E-state index in [1.807, 2.05) is 12.1 Å². The molecule has 6 heteroatoms. The first kappa shape index (κ1) is 19.6. The van der Waals surface area contributed by atoms with E-state index < -0.39 is 0 Å². The molecule has 1 aromatic carbocycles. The molecule has 2 aromatic rings. The summed E-state index contributed by atoms with van der Waals surface area (Å²) < 4.78 is 5.46. The van der Waals surface area contributed by atoms with Crippen LogP contribution in [0.4, 0.5) is 5.69 Å². The number of benzene rings is 1. The van der Waals surface area contributed by atoms with E-state index in [2.05, 4.69) is 9.88 Å². The van der Waals surface area contributed by atoms with Crippen molar-refractivity contribution in [3.63, 3.8) is 0 Å². The third kappa shape index (κ3) is 4.32. The molecule has 0 aliphatic carbocycles. The molecule has 1 unspecified atom stereocenters. The van der Waals surface area contributed by atoms with Gasteiger partial charge in [0.2, 0.25) is 0 Å². The average molecular weight is 402 g/mol. The monoisotopic (exact) mass is 401 g/mol. The van der Waals surface area contributed by atoms with E-state index in [1.165, 1.54) is 25.8 Å². The fraction of sp³-hybridized carbons (Fsp3) is 0.545. The Morgan fingerprint density at radius 3 is 2.93 bits per heavy atom. The highest BCUT2D eigenvalue weighted by Crippen LogP contribution is 2.32. The number of Topliss-reactive ketones (excluding diaryl/α,β-unsaturated/α-hetero) is 1. The van der Waals surface area contributed by atoms with Gasteiger partial charge in [0.15, 0.2) is 5.78 Å². The number of halogens is 1. The molecule has 2 saturated heterocycles. The predicted molar refractivity (Wildman–Crippen MR) is 113 cm³/mol. The lowest BCUT2D eigenvalue weighted by Gasteiger charge is -2.27. The third-order valence-electron chi connectivity index (χ3n) is 6.19. The highest BCUT2D eigenvalue weighted by molar-refractivity contribution is 6.35. The maximum atomic E-state index is 12.9. The molecule has 0 amide bonds. The van der Waals surface area contributed by atoms with Gasteiger partial charge in [0.05, 0.1) is 16.2 Å². The molecule has 1 atom stereocenters. The molecule has 5 nitrogen and oxygen atoms in total. The molecular weight excluding hydrogens is 374 g/mol. The molecule has 150 valence electrons. The van der Waals surface area contributed by atoms with Crippen LogP contribution in [0.5, 0.6) is 0 Å². The van der Waals surface area contributed by atoms with Gasteiger partial charge in [-0.15, -0.1) is 0 Å². The van der Waals surface area contributed by atoms with Crippen molar-refractivity contribution in [1.82, 2.24) is 9.88 Å². The minimum Gasteiger partial charge on any atom is -0.397 e. The number of anilines is 1. The van der Waals surface area contributed by atoms with Crippen LogP contribution in [0.2, 0.25) is 5.02 Å². The fourth-order valence-electron chi connectivity index (χ4n) is 4.53. The topological polar surface area (TPSA) is 68.5 Å². The molecule has 0 radical (unpaired) electrons. The molecule has 2 N–H and O–H groups in total. The standard InChI is InChI=1S/C22H28ClN3O2/c23-19-12-18(22-17(21(19)24)2-1-8-25-22)20(27)4-3-15-5-9-26(13-15)14-16-6-10-28-11-7-16/h1-2,8,12,15-16H,3-7,9-11,13-14,24H2. The number of rotatable bonds is 6. The van der Waals surface area contributed by atoms with Crippen molar-refractivity contribution in [1.29, 1.82) is 0 Å². The Balaban J connectivity index is 1.35. The summed E-state index contributed by atoms with van der Waals surface area (Å²) in [4.78, 5) is 19.9. The highest BCUT2D eigenvalue weighted by atomic mass is 35.5. The van der Waals surface area contributed by atoms with Crippen LogP contribution < -0.4 is 5.73 Å². The van der Waals surface area contributed by atoms with Gasteiger partial charge in [-0.25, -0.2) is 0 Å². The maximum absolute atomic E-state index is 12.9. The quantitative estimate of drug-likeness (QED) is 0.580. The van der Waals surface area contributed by atoms with Crippen molar-refractivity contribution in [2.75, 3.05) is 38.6 Å². The largest absolute Gasteiger partial charge is 0.397 e. The van der Waals surface area contributed by atoms with Crippen LogP contribution in [0.25, 0.3) is 10.9 Å². The molecule has 1 aromatic heterocycles. The third-order valence-corrected chi connectivity index (χ3v) is 6.50. The first-order chi connectivity index (χ1) is 13.6. The van der Waals surface area contributed by atoms with E-state index >= 15 is 0 Å². The van der Waals surface area contributed by atoms with Crippen molar-refractivity contribution in [2.24, 2.45) is 11.8 Å². The van der Waals surface area contributed by atoms with Crippen LogP contribution in [-0.4, -0.2) is 48.5 Å². The summed E-state index contributed by atoms with van der Waals surface area (Å²) in [6, 6.07) is 5.36. The zero-order valence-electron chi connectivity index (χ0n) is 16.2. The summed E-state index contributed by atoms with van der Waals surface area (Å²) >= 11 is 6.26. The van der Waals surface area contributed by atoms with Crippen LogP contribution in [-0.2, 0) is 4.74 Å². The summed E-state index contributed by atoms with van der Waals surface area (Å²) in [7, 11) is 0. The first-order valence-corrected chi connectivity index (χ1v) is 10.7. The van der Waals surface area contributed by atoms with Gasteiger partial charge in [-0.3, -0.25) is 9.78 Å². The van der Waals surface area contributed by atoms with Crippen LogP contribution in [0.1, 0.15) is 42.5 Å². The van der Waals surface area contributed by atoms with Gasteiger partial charge >= 0.3 is 0 Å². The SMILES string of the molecule is Nc1c(Cl)cc(C(=O)CCC2CCN(CC3CCOCC3)C2)c2ncccc12. The van der Waals surface area contributed by atoms with Crippen molar-refractivity contribution in [3.05, 3.63) is 35.0 Å². The number of pyridine rings is 1. The van der Waals surface area contributed by atoms with Gasteiger partial charge < -0.3 is 15.4 Å². The Bertz CT molecular complexity index is 851. The number of likely N-dealkylation sites (tertiary alicyclic amines) is 1. The maximum Gasteiger partial charge on any atom is 0.165 e. The number of carbonyl (C=O) groups excluding carboxylic acids is 1. The number of ketones is 1. The van der Waals surface area contributed by atoms with Gasteiger partial charge in [-0.1, -0.05) is 11.6 Å². The molecule has 4 rings (SSSR count). The molecule has 0 saturated carbocycles. The van der Waals surface area contributed by atoms with Crippen LogP contribution in [0.3, 0.4) is 0 Å².